The molecule has 1 amide bonds. The van der Waals surface area contributed by atoms with E-state index in [1.54, 1.807) is 18.2 Å². The van der Waals surface area contributed by atoms with Crippen LogP contribution in [0.2, 0.25) is 10.0 Å². The van der Waals surface area contributed by atoms with Crippen molar-refractivity contribution in [2.75, 3.05) is 23.3 Å². The van der Waals surface area contributed by atoms with Gasteiger partial charge in [0, 0.05) is 24.2 Å². The third-order valence-corrected chi connectivity index (χ3v) is 6.39. The number of rotatable bonds is 6. The zero-order chi connectivity index (χ0) is 19.0. The van der Waals surface area contributed by atoms with Crippen molar-refractivity contribution in [3.05, 3.63) is 28.2 Å². The molecule has 2 fully saturated rings. The number of aromatic nitrogens is 3. The summed E-state index contributed by atoms with van der Waals surface area (Å²) < 4.78 is 2.22. The van der Waals surface area contributed by atoms with Crippen LogP contribution in [0.5, 0.6) is 0 Å². The van der Waals surface area contributed by atoms with Gasteiger partial charge in [0.25, 0.3) is 0 Å². The molecule has 4 rings (SSSR count). The van der Waals surface area contributed by atoms with E-state index in [0.29, 0.717) is 21.8 Å². The zero-order valence-corrected chi connectivity index (χ0v) is 17.3. The maximum Gasteiger partial charge on any atom is 0.237 e. The first-order valence-electron chi connectivity index (χ1n) is 9.15. The normalized spacial score (nSPS) is 18.0. The predicted octanol–water partition coefficient (Wildman–Crippen LogP) is 4.64. The van der Waals surface area contributed by atoms with Gasteiger partial charge in [-0.1, -0.05) is 35.0 Å². The lowest BCUT2D eigenvalue weighted by Gasteiger charge is -2.18. The van der Waals surface area contributed by atoms with Gasteiger partial charge in [0.05, 0.1) is 16.0 Å². The molecule has 27 heavy (non-hydrogen) atoms. The number of thioether (sulfide) groups is 1. The van der Waals surface area contributed by atoms with Crippen molar-refractivity contribution in [3.63, 3.8) is 0 Å². The average Bonchev–Trinajstić information content (AvgIpc) is 3.16. The van der Waals surface area contributed by atoms with Crippen LogP contribution in [0.25, 0.3) is 0 Å². The Bertz CT molecular complexity index is 848. The lowest BCUT2D eigenvalue weighted by Crippen LogP contribution is -2.24. The van der Waals surface area contributed by atoms with E-state index in [9.17, 15) is 4.79 Å². The van der Waals surface area contributed by atoms with Crippen molar-refractivity contribution in [2.24, 2.45) is 0 Å². The molecule has 1 aromatic carbocycles. The Hall–Kier alpha value is -1.44. The molecule has 2 heterocycles. The predicted molar refractivity (Wildman–Crippen MR) is 110 cm³/mol. The van der Waals surface area contributed by atoms with Crippen molar-refractivity contribution in [1.82, 2.24) is 14.8 Å². The molecule has 1 saturated heterocycles. The first-order chi connectivity index (χ1) is 13.0. The first-order valence-corrected chi connectivity index (χ1v) is 10.8. The van der Waals surface area contributed by atoms with Crippen molar-refractivity contribution >= 4 is 52.5 Å². The molecule has 1 aromatic heterocycles. The van der Waals surface area contributed by atoms with Crippen LogP contribution in [0.3, 0.4) is 0 Å². The number of benzene rings is 1. The van der Waals surface area contributed by atoms with Gasteiger partial charge in [-0.15, -0.1) is 10.2 Å². The number of anilines is 2. The van der Waals surface area contributed by atoms with Crippen molar-refractivity contribution in [2.45, 2.75) is 49.1 Å². The van der Waals surface area contributed by atoms with Crippen LogP contribution in [0.1, 0.15) is 38.6 Å². The summed E-state index contributed by atoms with van der Waals surface area (Å²) >= 11 is 13.5. The maximum absolute atomic E-state index is 12.6. The van der Waals surface area contributed by atoms with Crippen molar-refractivity contribution in [3.8, 4) is 0 Å². The fourth-order valence-corrected chi connectivity index (χ4v) is 4.54. The summed E-state index contributed by atoms with van der Waals surface area (Å²) in [5.74, 6) is 0.822. The average molecular weight is 426 g/mol. The number of hydrogen-bond acceptors (Lipinski definition) is 5. The van der Waals surface area contributed by atoms with Gasteiger partial charge in [-0.25, -0.2) is 0 Å². The Balaban J connectivity index is 1.47. The number of halogens is 2. The summed E-state index contributed by atoms with van der Waals surface area (Å²) in [5.41, 5.74) is 0.555. The van der Waals surface area contributed by atoms with E-state index in [4.69, 9.17) is 23.2 Å². The quantitative estimate of drug-likeness (QED) is 0.682. The van der Waals surface area contributed by atoms with E-state index in [0.717, 1.165) is 37.0 Å². The van der Waals surface area contributed by atoms with E-state index in [-0.39, 0.29) is 11.2 Å². The van der Waals surface area contributed by atoms with Gasteiger partial charge in [-0.2, -0.15) is 0 Å². The molecule has 1 saturated carbocycles. The van der Waals surface area contributed by atoms with Crippen LogP contribution in [0.4, 0.5) is 11.6 Å². The van der Waals surface area contributed by atoms with E-state index in [1.807, 2.05) is 6.92 Å². The van der Waals surface area contributed by atoms with Crippen LogP contribution in [-0.2, 0) is 4.79 Å². The van der Waals surface area contributed by atoms with Crippen LogP contribution >= 0.6 is 35.0 Å². The monoisotopic (exact) mass is 425 g/mol. The standard InChI is InChI=1S/C18H21Cl2N5OS/c1-11(16(26)21-15-7-4-12(19)10-14(15)20)27-18-23-22-17(24-8-2-3-9-24)25(18)13-5-6-13/h4,7,10-11,13H,2-3,5-6,8-9H2,1H3,(H,21,26). The Morgan fingerprint density at radius 3 is 2.67 bits per heavy atom. The van der Waals surface area contributed by atoms with Crippen molar-refractivity contribution < 1.29 is 4.79 Å². The van der Waals surface area contributed by atoms with Crippen LogP contribution in [0, 0.1) is 0 Å². The smallest absolute Gasteiger partial charge is 0.237 e. The number of carbonyl (C=O) groups is 1. The number of amides is 1. The fourth-order valence-electron chi connectivity index (χ4n) is 3.17. The highest BCUT2D eigenvalue weighted by Gasteiger charge is 2.33. The molecule has 1 N–H and O–H groups in total. The van der Waals surface area contributed by atoms with Crippen molar-refractivity contribution in [1.29, 1.82) is 0 Å². The Morgan fingerprint density at radius 2 is 2.00 bits per heavy atom. The summed E-state index contributed by atoms with van der Waals surface area (Å²) in [4.78, 5) is 14.9. The molecule has 1 unspecified atom stereocenters. The van der Waals surface area contributed by atoms with Gasteiger partial charge in [-0.3, -0.25) is 9.36 Å². The fraction of sp³-hybridized carbons (Fsp3) is 0.500. The molecule has 2 aliphatic rings. The third-order valence-electron chi connectivity index (χ3n) is 4.79. The van der Waals surface area contributed by atoms with E-state index in [2.05, 4.69) is 25.0 Å². The number of nitrogens with zero attached hydrogens (tertiary/aromatic N) is 4. The van der Waals surface area contributed by atoms with Gasteiger partial charge in [-0.05, 0) is 50.8 Å². The van der Waals surface area contributed by atoms with Crippen LogP contribution in [0.15, 0.2) is 23.4 Å². The van der Waals surface area contributed by atoms with E-state index < -0.39 is 0 Å². The first kappa shape index (κ1) is 18.9. The molecule has 1 atom stereocenters. The molecule has 0 spiro atoms. The number of nitrogens with one attached hydrogen (secondary N) is 1. The second-order valence-corrected chi connectivity index (χ2v) is 9.10. The Morgan fingerprint density at radius 1 is 1.26 bits per heavy atom. The molecule has 0 radical (unpaired) electrons. The van der Waals surface area contributed by atoms with Gasteiger partial charge < -0.3 is 10.2 Å². The lowest BCUT2D eigenvalue weighted by atomic mass is 10.3. The summed E-state index contributed by atoms with van der Waals surface area (Å²) in [7, 11) is 0. The molecular weight excluding hydrogens is 405 g/mol. The molecule has 6 nitrogen and oxygen atoms in total. The lowest BCUT2D eigenvalue weighted by molar-refractivity contribution is -0.115. The number of carbonyl (C=O) groups excluding carboxylic acids is 1. The minimum Gasteiger partial charge on any atom is -0.341 e. The zero-order valence-electron chi connectivity index (χ0n) is 15.0. The van der Waals surface area contributed by atoms with Gasteiger partial charge in [0.1, 0.15) is 0 Å². The topological polar surface area (TPSA) is 63.1 Å². The minimum atomic E-state index is -0.329. The highest BCUT2D eigenvalue weighted by Crippen LogP contribution is 2.42. The summed E-state index contributed by atoms with van der Waals surface area (Å²) in [6.07, 6.45) is 4.68. The Labute approximate surface area is 172 Å². The summed E-state index contributed by atoms with van der Waals surface area (Å²) in [5, 5.41) is 13.1. The SMILES string of the molecule is CC(Sc1nnc(N2CCCC2)n1C1CC1)C(=O)Nc1ccc(Cl)cc1Cl. The van der Waals surface area contributed by atoms with Gasteiger partial charge in [0.15, 0.2) is 5.16 Å². The van der Waals surface area contributed by atoms with Gasteiger partial charge >= 0.3 is 0 Å². The third kappa shape index (κ3) is 4.20. The second-order valence-electron chi connectivity index (χ2n) is 6.95. The van der Waals surface area contributed by atoms with Gasteiger partial charge in [0.2, 0.25) is 11.9 Å². The molecule has 0 bridgehead atoms. The molecule has 1 aliphatic heterocycles. The summed E-state index contributed by atoms with van der Waals surface area (Å²) in [6, 6.07) is 5.48. The van der Waals surface area contributed by atoms with E-state index in [1.165, 1.54) is 24.6 Å². The van der Waals surface area contributed by atoms with Crippen LogP contribution in [-0.4, -0.2) is 39.0 Å². The Kier molecular flexibility index (Phi) is 5.53. The van der Waals surface area contributed by atoms with Crippen LogP contribution < -0.4 is 10.2 Å². The maximum atomic E-state index is 12.6. The molecule has 9 heteroatoms. The highest BCUT2D eigenvalue weighted by atomic mass is 35.5. The number of hydrogen-bond donors (Lipinski definition) is 1. The molecule has 2 aromatic rings. The van der Waals surface area contributed by atoms with E-state index >= 15 is 0 Å². The highest BCUT2D eigenvalue weighted by molar-refractivity contribution is 8.00. The second kappa shape index (κ2) is 7.89. The minimum absolute atomic E-state index is 0.128. The molecule has 1 aliphatic carbocycles. The molecular formula is C18H21Cl2N5OS. The largest absolute Gasteiger partial charge is 0.341 e. The summed E-state index contributed by atoms with van der Waals surface area (Å²) in [6.45, 7) is 3.92. The molecule has 144 valence electrons.